The van der Waals surface area contributed by atoms with Gasteiger partial charge in [-0.25, -0.2) is 0 Å². The first kappa shape index (κ1) is 21.4. The summed E-state index contributed by atoms with van der Waals surface area (Å²) in [6, 6.07) is 10.9. The molecule has 33 heavy (non-hydrogen) atoms. The normalized spacial score (nSPS) is 17.5. The molecule has 1 aliphatic carbocycles. The smallest absolute Gasteiger partial charge is 0.254 e. The lowest BCUT2D eigenvalue weighted by atomic mass is 9.87. The van der Waals surface area contributed by atoms with Crippen molar-refractivity contribution >= 4 is 16.8 Å². The minimum atomic E-state index is -0.495. The fraction of sp³-hybridized carbons (Fsp3) is 0.385. The third-order valence-corrected chi connectivity index (χ3v) is 6.53. The summed E-state index contributed by atoms with van der Waals surface area (Å²) >= 11 is 0. The molecule has 1 fully saturated rings. The predicted molar refractivity (Wildman–Crippen MR) is 125 cm³/mol. The van der Waals surface area contributed by atoms with E-state index < -0.39 is 6.04 Å². The first-order valence-corrected chi connectivity index (χ1v) is 11.4. The number of aromatic amines is 1. The van der Waals surface area contributed by atoms with Crippen LogP contribution in [0.25, 0.3) is 10.9 Å². The standard InChI is InChI=1S/C26H28N2O5/c1-4-33-18-7-8-21-17(11-18)12-20(25(29)27-21)24-19-14-23(32-3)22(31-2)13-16(19)9-10-28(24)26(30)15-5-6-15/h7-8,11-15,24H,4-6,9-10H2,1-3H3,(H,27,29). The molecule has 1 saturated carbocycles. The van der Waals surface area contributed by atoms with Crippen LogP contribution in [0.3, 0.4) is 0 Å². The third kappa shape index (κ3) is 3.81. The number of aromatic nitrogens is 1. The number of ether oxygens (including phenoxy) is 3. The van der Waals surface area contributed by atoms with E-state index in [4.69, 9.17) is 14.2 Å². The monoisotopic (exact) mass is 448 g/mol. The Bertz CT molecular complexity index is 1280. The lowest BCUT2D eigenvalue weighted by Crippen LogP contribution is -2.43. The first-order valence-electron chi connectivity index (χ1n) is 11.4. The fourth-order valence-electron chi connectivity index (χ4n) is 4.74. The zero-order valence-electron chi connectivity index (χ0n) is 19.1. The van der Waals surface area contributed by atoms with Crippen LogP contribution in [0.2, 0.25) is 0 Å². The van der Waals surface area contributed by atoms with Crippen molar-refractivity contribution in [1.82, 2.24) is 9.88 Å². The summed E-state index contributed by atoms with van der Waals surface area (Å²) in [4.78, 5) is 31.5. The number of carbonyl (C=O) groups excluding carboxylic acids is 1. The largest absolute Gasteiger partial charge is 0.494 e. The molecular formula is C26H28N2O5. The third-order valence-electron chi connectivity index (χ3n) is 6.53. The van der Waals surface area contributed by atoms with Crippen LogP contribution in [-0.4, -0.2) is 43.2 Å². The van der Waals surface area contributed by atoms with Gasteiger partial charge in [0.15, 0.2) is 11.5 Å². The van der Waals surface area contributed by atoms with Crippen molar-refractivity contribution in [3.8, 4) is 17.2 Å². The second-order valence-corrected chi connectivity index (χ2v) is 8.60. The summed E-state index contributed by atoms with van der Waals surface area (Å²) in [6.45, 7) is 3.05. The molecule has 1 unspecified atom stereocenters. The van der Waals surface area contributed by atoms with Crippen molar-refractivity contribution < 1.29 is 19.0 Å². The number of benzene rings is 2. The molecule has 1 aliphatic heterocycles. The van der Waals surface area contributed by atoms with E-state index in [1.165, 1.54) is 0 Å². The van der Waals surface area contributed by atoms with Crippen LogP contribution < -0.4 is 19.8 Å². The number of pyridine rings is 1. The molecule has 7 heteroatoms. The SMILES string of the molecule is CCOc1ccc2[nH]c(=O)c(C3c4cc(OC)c(OC)cc4CCN3C(=O)C3CC3)cc2c1. The van der Waals surface area contributed by atoms with Gasteiger partial charge in [-0.05, 0) is 73.7 Å². The predicted octanol–water partition coefficient (Wildman–Crippen LogP) is 3.83. The van der Waals surface area contributed by atoms with Crippen LogP contribution >= 0.6 is 0 Å². The van der Waals surface area contributed by atoms with Crippen LogP contribution in [0.4, 0.5) is 0 Å². The molecule has 0 bridgehead atoms. The topological polar surface area (TPSA) is 80.9 Å². The number of rotatable bonds is 6. The molecule has 1 aromatic heterocycles. The minimum Gasteiger partial charge on any atom is -0.494 e. The second kappa shape index (κ2) is 8.46. The second-order valence-electron chi connectivity index (χ2n) is 8.60. The van der Waals surface area contributed by atoms with Gasteiger partial charge in [0.2, 0.25) is 5.91 Å². The highest BCUT2D eigenvalue weighted by Crippen LogP contribution is 2.43. The van der Waals surface area contributed by atoms with Crippen LogP contribution in [0.5, 0.6) is 17.2 Å². The lowest BCUT2D eigenvalue weighted by Gasteiger charge is -2.38. The van der Waals surface area contributed by atoms with Crippen LogP contribution in [-0.2, 0) is 11.2 Å². The van der Waals surface area contributed by atoms with Crippen LogP contribution in [0.15, 0.2) is 41.2 Å². The average molecular weight is 449 g/mol. The number of methoxy groups -OCH3 is 2. The van der Waals surface area contributed by atoms with Gasteiger partial charge in [0, 0.05) is 28.9 Å². The lowest BCUT2D eigenvalue weighted by molar-refractivity contribution is -0.134. The molecule has 1 atom stereocenters. The highest BCUT2D eigenvalue weighted by Gasteiger charge is 2.40. The van der Waals surface area contributed by atoms with Crippen molar-refractivity contribution in [2.75, 3.05) is 27.4 Å². The molecule has 1 amide bonds. The molecule has 172 valence electrons. The van der Waals surface area contributed by atoms with E-state index in [9.17, 15) is 9.59 Å². The van der Waals surface area contributed by atoms with Gasteiger partial charge < -0.3 is 24.1 Å². The van der Waals surface area contributed by atoms with Gasteiger partial charge in [-0.2, -0.15) is 0 Å². The van der Waals surface area contributed by atoms with Crippen LogP contribution in [0.1, 0.15) is 42.5 Å². The zero-order chi connectivity index (χ0) is 23.1. The summed E-state index contributed by atoms with van der Waals surface area (Å²) < 4.78 is 16.7. The van der Waals surface area contributed by atoms with Gasteiger partial charge in [0.05, 0.1) is 26.9 Å². The number of fused-ring (bicyclic) bond motifs is 2. The fourth-order valence-corrected chi connectivity index (χ4v) is 4.74. The van der Waals surface area contributed by atoms with Crippen molar-refractivity contribution in [3.05, 3.63) is 63.4 Å². The van der Waals surface area contributed by atoms with Crippen molar-refractivity contribution in [2.24, 2.45) is 5.92 Å². The number of H-pyrrole nitrogens is 1. The molecule has 2 aliphatic rings. The van der Waals surface area contributed by atoms with Crippen molar-refractivity contribution in [2.45, 2.75) is 32.2 Å². The first-order chi connectivity index (χ1) is 16.0. The van der Waals surface area contributed by atoms with E-state index in [0.717, 1.165) is 40.6 Å². The van der Waals surface area contributed by atoms with Gasteiger partial charge in [-0.1, -0.05) is 0 Å². The molecule has 1 N–H and O–H groups in total. The molecule has 0 spiro atoms. The minimum absolute atomic E-state index is 0.0540. The van der Waals surface area contributed by atoms with Gasteiger partial charge in [-0.15, -0.1) is 0 Å². The Morgan fingerprint density at radius 2 is 1.82 bits per heavy atom. The van der Waals surface area contributed by atoms with E-state index in [1.54, 1.807) is 14.2 Å². The molecule has 2 aromatic carbocycles. The molecular weight excluding hydrogens is 420 g/mol. The molecule has 0 radical (unpaired) electrons. The zero-order valence-corrected chi connectivity index (χ0v) is 19.1. The van der Waals surface area contributed by atoms with Gasteiger partial charge in [-0.3, -0.25) is 9.59 Å². The Labute approximate surface area is 192 Å². The highest BCUT2D eigenvalue weighted by atomic mass is 16.5. The Balaban J connectivity index is 1.70. The van der Waals surface area contributed by atoms with E-state index in [2.05, 4.69) is 4.98 Å². The van der Waals surface area contributed by atoms with Gasteiger partial charge in [0.25, 0.3) is 5.56 Å². The van der Waals surface area contributed by atoms with E-state index in [0.29, 0.717) is 36.6 Å². The van der Waals surface area contributed by atoms with Crippen molar-refractivity contribution in [3.63, 3.8) is 0 Å². The maximum absolute atomic E-state index is 13.3. The maximum Gasteiger partial charge on any atom is 0.254 e. The molecule has 2 heterocycles. The summed E-state index contributed by atoms with van der Waals surface area (Å²) in [5, 5.41) is 0.863. The highest BCUT2D eigenvalue weighted by molar-refractivity contribution is 5.84. The van der Waals surface area contributed by atoms with E-state index >= 15 is 0 Å². The molecule has 0 saturated heterocycles. The maximum atomic E-state index is 13.3. The Hall–Kier alpha value is -3.48. The average Bonchev–Trinajstić information content (AvgIpc) is 3.67. The van der Waals surface area contributed by atoms with Gasteiger partial charge >= 0.3 is 0 Å². The van der Waals surface area contributed by atoms with Crippen LogP contribution in [0, 0.1) is 5.92 Å². The number of nitrogens with one attached hydrogen (secondary N) is 1. The molecule has 5 rings (SSSR count). The Morgan fingerprint density at radius 3 is 2.52 bits per heavy atom. The number of hydrogen-bond donors (Lipinski definition) is 1. The van der Waals surface area contributed by atoms with E-state index in [1.807, 2.05) is 48.2 Å². The summed E-state index contributed by atoms with van der Waals surface area (Å²) in [6.07, 6.45) is 2.52. The van der Waals surface area contributed by atoms with Gasteiger partial charge in [0.1, 0.15) is 5.75 Å². The van der Waals surface area contributed by atoms with E-state index in [-0.39, 0.29) is 17.4 Å². The molecule has 7 nitrogen and oxygen atoms in total. The molecule has 3 aromatic rings. The summed E-state index contributed by atoms with van der Waals surface area (Å²) in [5.41, 5.74) is 3.03. The quantitative estimate of drug-likeness (QED) is 0.620. The Kier molecular flexibility index (Phi) is 5.48. The summed E-state index contributed by atoms with van der Waals surface area (Å²) in [7, 11) is 3.20. The Morgan fingerprint density at radius 1 is 1.06 bits per heavy atom. The number of amides is 1. The number of carbonyl (C=O) groups is 1. The number of hydrogen-bond acceptors (Lipinski definition) is 5. The summed E-state index contributed by atoms with van der Waals surface area (Å²) in [5.74, 6) is 2.13. The van der Waals surface area contributed by atoms with Crippen molar-refractivity contribution in [1.29, 1.82) is 0 Å². The number of nitrogens with zero attached hydrogens (tertiary/aromatic N) is 1.